The Morgan fingerprint density at radius 3 is 2.56 bits per heavy atom. The van der Waals surface area contributed by atoms with Crippen molar-refractivity contribution in [2.45, 2.75) is 18.3 Å². The number of aromatic nitrogens is 1. The fourth-order valence-electron chi connectivity index (χ4n) is 1.59. The maximum atomic E-state index is 11.2. The summed E-state index contributed by atoms with van der Waals surface area (Å²) in [7, 11) is 5.28. The van der Waals surface area contributed by atoms with Gasteiger partial charge in [0.1, 0.15) is 5.41 Å². The van der Waals surface area contributed by atoms with Crippen LogP contribution in [-0.2, 0) is 10.2 Å². The average molecular weight is 242 g/mol. The molecule has 1 fully saturated rings. The molecule has 5 nitrogen and oxygen atoms in total. The van der Waals surface area contributed by atoms with Crippen LogP contribution in [0.5, 0.6) is 5.88 Å². The highest BCUT2D eigenvalue weighted by molar-refractivity contribution is 7.16. The lowest BCUT2D eigenvalue weighted by molar-refractivity contribution is -0.139. The van der Waals surface area contributed by atoms with E-state index >= 15 is 0 Å². The van der Waals surface area contributed by atoms with Gasteiger partial charge in [-0.25, -0.2) is 0 Å². The quantitative estimate of drug-likeness (QED) is 0.863. The predicted molar refractivity (Wildman–Crippen MR) is 61.5 cm³/mol. The van der Waals surface area contributed by atoms with Crippen LogP contribution in [0.3, 0.4) is 0 Å². The van der Waals surface area contributed by atoms with E-state index in [9.17, 15) is 9.90 Å². The number of rotatable bonds is 4. The lowest BCUT2D eigenvalue weighted by Gasteiger charge is -2.07. The minimum atomic E-state index is -0.778. The molecule has 0 unspecified atom stereocenters. The molecule has 0 amide bonds. The summed E-state index contributed by atoms with van der Waals surface area (Å²) in [6, 6.07) is 0. The van der Waals surface area contributed by atoms with Crippen molar-refractivity contribution in [2.75, 3.05) is 26.1 Å². The van der Waals surface area contributed by atoms with E-state index in [0.717, 1.165) is 10.0 Å². The first kappa shape index (κ1) is 11.2. The molecule has 0 spiro atoms. The number of carboxylic acid groups (broad SMARTS) is 1. The SMILES string of the molecule is COc1nc(N(C)C)sc1C1(C(=O)O)CC1. The molecule has 0 saturated heterocycles. The minimum Gasteiger partial charge on any atom is -0.481 e. The van der Waals surface area contributed by atoms with Crippen molar-refractivity contribution in [2.24, 2.45) is 0 Å². The molecule has 16 heavy (non-hydrogen) atoms. The molecule has 1 aromatic heterocycles. The molecule has 6 heteroatoms. The first-order valence-corrected chi connectivity index (χ1v) is 5.79. The van der Waals surface area contributed by atoms with E-state index in [1.165, 1.54) is 18.4 Å². The van der Waals surface area contributed by atoms with Gasteiger partial charge in [-0.05, 0) is 12.8 Å². The molecule has 0 radical (unpaired) electrons. The molecule has 0 aliphatic heterocycles. The summed E-state index contributed by atoms with van der Waals surface area (Å²) in [5, 5.41) is 10.0. The maximum Gasteiger partial charge on any atom is 0.315 e. The molecule has 1 aromatic rings. The highest BCUT2D eigenvalue weighted by Crippen LogP contribution is 2.54. The summed E-state index contributed by atoms with van der Waals surface area (Å²) in [6.07, 6.45) is 1.35. The van der Waals surface area contributed by atoms with Crippen molar-refractivity contribution in [1.82, 2.24) is 4.98 Å². The number of carboxylic acids is 1. The average Bonchev–Trinajstić information content (AvgIpc) is 2.92. The van der Waals surface area contributed by atoms with Crippen LogP contribution in [0, 0.1) is 0 Å². The van der Waals surface area contributed by atoms with Gasteiger partial charge in [-0.3, -0.25) is 4.79 Å². The van der Waals surface area contributed by atoms with Crippen molar-refractivity contribution in [3.63, 3.8) is 0 Å². The molecule has 88 valence electrons. The van der Waals surface area contributed by atoms with Crippen molar-refractivity contribution in [3.8, 4) is 5.88 Å². The van der Waals surface area contributed by atoms with E-state index in [0.29, 0.717) is 18.7 Å². The van der Waals surface area contributed by atoms with E-state index in [4.69, 9.17) is 4.74 Å². The number of hydrogen-bond donors (Lipinski definition) is 1. The lowest BCUT2D eigenvalue weighted by atomic mass is 10.1. The Bertz CT molecular complexity index is 424. The number of thiazole rings is 1. The fourth-order valence-corrected chi connectivity index (χ4v) is 2.79. The van der Waals surface area contributed by atoms with Crippen LogP contribution in [0.4, 0.5) is 5.13 Å². The Hall–Kier alpha value is -1.30. The van der Waals surface area contributed by atoms with Crippen LogP contribution in [-0.4, -0.2) is 37.3 Å². The van der Waals surface area contributed by atoms with Gasteiger partial charge >= 0.3 is 5.97 Å². The zero-order valence-corrected chi connectivity index (χ0v) is 10.3. The van der Waals surface area contributed by atoms with Crippen LogP contribution in [0.2, 0.25) is 0 Å². The maximum absolute atomic E-state index is 11.2. The number of carbonyl (C=O) groups is 1. The predicted octanol–water partition coefficient (Wildman–Crippen LogP) is 1.33. The Balaban J connectivity index is 2.44. The van der Waals surface area contributed by atoms with Crippen LogP contribution in [0.25, 0.3) is 0 Å². The smallest absolute Gasteiger partial charge is 0.315 e. The largest absolute Gasteiger partial charge is 0.481 e. The Labute approximate surface area is 97.7 Å². The zero-order valence-electron chi connectivity index (χ0n) is 9.48. The van der Waals surface area contributed by atoms with Crippen LogP contribution in [0.1, 0.15) is 17.7 Å². The molecule has 2 rings (SSSR count). The van der Waals surface area contributed by atoms with Gasteiger partial charge in [0.15, 0.2) is 5.13 Å². The van der Waals surface area contributed by atoms with Gasteiger partial charge in [-0.1, -0.05) is 11.3 Å². The Kier molecular flexibility index (Phi) is 2.53. The monoisotopic (exact) mass is 242 g/mol. The second-order valence-corrected chi connectivity index (χ2v) is 5.09. The molecule has 0 aromatic carbocycles. The van der Waals surface area contributed by atoms with Crippen molar-refractivity contribution >= 4 is 22.4 Å². The van der Waals surface area contributed by atoms with Crippen molar-refractivity contribution < 1.29 is 14.6 Å². The molecule has 0 atom stereocenters. The minimum absolute atomic E-state index is 0.452. The van der Waals surface area contributed by atoms with Gasteiger partial charge in [0.25, 0.3) is 0 Å². The van der Waals surface area contributed by atoms with Gasteiger partial charge in [0.2, 0.25) is 5.88 Å². The number of ether oxygens (including phenoxy) is 1. The molecule has 1 aliphatic carbocycles. The molecular weight excluding hydrogens is 228 g/mol. The van der Waals surface area contributed by atoms with Gasteiger partial charge < -0.3 is 14.7 Å². The zero-order chi connectivity index (χ0) is 11.9. The molecule has 1 N–H and O–H groups in total. The number of anilines is 1. The molecule has 1 aliphatic rings. The summed E-state index contributed by atoms with van der Waals surface area (Å²) < 4.78 is 5.16. The Morgan fingerprint density at radius 2 is 2.19 bits per heavy atom. The molecular formula is C10H14N2O3S. The number of aliphatic carboxylic acids is 1. The third-order valence-electron chi connectivity index (χ3n) is 2.75. The fraction of sp³-hybridized carbons (Fsp3) is 0.600. The summed E-state index contributed by atoms with van der Waals surface area (Å²) >= 11 is 1.40. The topological polar surface area (TPSA) is 62.7 Å². The Morgan fingerprint density at radius 1 is 1.56 bits per heavy atom. The van der Waals surface area contributed by atoms with E-state index in [2.05, 4.69) is 4.98 Å². The van der Waals surface area contributed by atoms with Gasteiger partial charge in [-0.2, -0.15) is 4.98 Å². The summed E-state index contributed by atoms with van der Waals surface area (Å²) in [5.41, 5.74) is -0.739. The summed E-state index contributed by atoms with van der Waals surface area (Å²) in [6.45, 7) is 0. The number of methoxy groups -OCH3 is 1. The van der Waals surface area contributed by atoms with Gasteiger partial charge in [-0.15, -0.1) is 0 Å². The van der Waals surface area contributed by atoms with Crippen molar-refractivity contribution in [1.29, 1.82) is 0 Å². The summed E-state index contributed by atoms with van der Waals surface area (Å²) in [5.74, 6) is -0.326. The van der Waals surface area contributed by atoms with E-state index < -0.39 is 11.4 Å². The third kappa shape index (κ3) is 1.53. The summed E-state index contributed by atoms with van der Waals surface area (Å²) in [4.78, 5) is 18.1. The first-order valence-electron chi connectivity index (χ1n) is 4.97. The standard InChI is InChI=1S/C10H14N2O3S/c1-12(2)9-11-7(15-3)6(16-9)10(4-5-10)8(13)14/h4-5H2,1-3H3,(H,13,14). The number of hydrogen-bond acceptors (Lipinski definition) is 5. The first-order chi connectivity index (χ1) is 7.51. The van der Waals surface area contributed by atoms with Crippen LogP contribution >= 0.6 is 11.3 Å². The molecule has 1 saturated carbocycles. The van der Waals surface area contributed by atoms with E-state index in [1.807, 2.05) is 19.0 Å². The highest BCUT2D eigenvalue weighted by Gasteiger charge is 2.55. The van der Waals surface area contributed by atoms with Crippen molar-refractivity contribution in [3.05, 3.63) is 4.88 Å². The molecule has 0 bridgehead atoms. The second kappa shape index (κ2) is 3.62. The number of nitrogens with zero attached hydrogens (tertiary/aromatic N) is 2. The normalized spacial score (nSPS) is 16.9. The lowest BCUT2D eigenvalue weighted by Crippen LogP contribution is -2.18. The highest BCUT2D eigenvalue weighted by atomic mass is 32.1. The van der Waals surface area contributed by atoms with Crippen LogP contribution in [0.15, 0.2) is 0 Å². The van der Waals surface area contributed by atoms with E-state index in [1.54, 1.807) is 0 Å². The van der Waals surface area contributed by atoms with E-state index in [-0.39, 0.29) is 0 Å². The molecule has 1 heterocycles. The van der Waals surface area contributed by atoms with Gasteiger partial charge in [0, 0.05) is 14.1 Å². The third-order valence-corrected chi connectivity index (χ3v) is 4.16. The van der Waals surface area contributed by atoms with Crippen LogP contribution < -0.4 is 9.64 Å². The second-order valence-electron chi connectivity index (χ2n) is 4.12. The van der Waals surface area contributed by atoms with Gasteiger partial charge in [0.05, 0.1) is 12.0 Å².